The van der Waals surface area contributed by atoms with E-state index >= 15 is 0 Å². The molecule has 1 atom stereocenters. The Morgan fingerprint density at radius 3 is 2.29 bits per heavy atom. The van der Waals surface area contributed by atoms with Gasteiger partial charge in [-0.3, -0.25) is 4.79 Å². The molecule has 176 valence electrons. The zero-order chi connectivity index (χ0) is 24.2. The van der Waals surface area contributed by atoms with E-state index in [1.807, 2.05) is 36.4 Å². The lowest BCUT2D eigenvalue weighted by atomic mass is 9.96. The maximum Gasteiger partial charge on any atom is 0.276 e. The number of hydrogen-bond acceptors (Lipinski definition) is 6. The van der Waals surface area contributed by atoms with E-state index in [0.29, 0.717) is 40.0 Å². The monoisotopic (exact) mass is 480 g/mol. The Hall–Kier alpha value is -3.71. The minimum atomic E-state index is -0.433. The van der Waals surface area contributed by atoms with Crippen LogP contribution in [0.4, 0.5) is 0 Å². The summed E-state index contributed by atoms with van der Waals surface area (Å²) in [4.78, 5) is 13.6. The van der Waals surface area contributed by atoms with Crippen molar-refractivity contribution in [3.63, 3.8) is 0 Å². The lowest BCUT2D eigenvalue weighted by molar-refractivity contribution is 0.0709. The first kappa shape index (κ1) is 23.4. The van der Waals surface area contributed by atoms with Gasteiger partial charge in [0.15, 0.2) is 23.0 Å². The second-order valence-electron chi connectivity index (χ2n) is 7.55. The van der Waals surface area contributed by atoms with E-state index in [4.69, 9.17) is 35.6 Å². The molecule has 8 heteroatoms. The second kappa shape index (κ2) is 10.1. The van der Waals surface area contributed by atoms with E-state index in [9.17, 15) is 4.79 Å². The Balaban J connectivity index is 1.82. The average Bonchev–Trinajstić information content (AvgIpc) is 3.32. The summed E-state index contributed by atoms with van der Waals surface area (Å²) >= 11 is 6.35. The Bertz CT molecular complexity index is 1240. The SMILES string of the molecule is COc1ccc(C2=NN(C(=O)c3ccccc3Cl)C(c3cccc(OC)c3OC)C2)cc1OC. The lowest BCUT2D eigenvalue weighted by Crippen LogP contribution is -2.27. The van der Waals surface area contributed by atoms with Crippen LogP contribution in [0.5, 0.6) is 23.0 Å². The maximum atomic E-state index is 13.6. The van der Waals surface area contributed by atoms with Gasteiger partial charge in [0.25, 0.3) is 5.91 Å². The number of hydrazone groups is 1. The summed E-state index contributed by atoms with van der Waals surface area (Å²) in [6.45, 7) is 0. The van der Waals surface area contributed by atoms with Crippen LogP contribution in [0.1, 0.15) is 33.9 Å². The number of halogens is 1. The Morgan fingerprint density at radius 2 is 1.62 bits per heavy atom. The number of para-hydroxylation sites is 1. The third kappa shape index (κ3) is 4.26. The summed E-state index contributed by atoms with van der Waals surface area (Å²) in [6.07, 6.45) is 0.454. The molecular formula is C26H25ClN2O5. The van der Waals surface area contributed by atoms with Crippen molar-refractivity contribution in [3.8, 4) is 23.0 Å². The Morgan fingerprint density at radius 1 is 0.882 bits per heavy atom. The average molecular weight is 481 g/mol. The summed E-state index contributed by atoms with van der Waals surface area (Å²) < 4.78 is 22.0. The van der Waals surface area contributed by atoms with E-state index in [1.54, 1.807) is 52.7 Å². The van der Waals surface area contributed by atoms with Crippen LogP contribution in [0.15, 0.2) is 65.8 Å². The summed E-state index contributed by atoms with van der Waals surface area (Å²) in [5, 5.41) is 6.57. The van der Waals surface area contributed by atoms with Gasteiger partial charge in [0.2, 0.25) is 0 Å². The third-order valence-corrected chi connectivity index (χ3v) is 6.06. The second-order valence-corrected chi connectivity index (χ2v) is 7.96. The number of benzene rings is 3. The molecule has 0 saturated heterocycles. The molecule has 0 bridgehead atoms. The van der Waals surface area contributed by atoms with Crippen LogP contribution in [0.3, 0.4) is 0 Å². The van der Waals surface area contributed by atoms with Crippen LogP contribution in [0, 0.1) is 0 Å². The van der Waals surface area contributed by atoms with Crippen molar-refractivity contribution in [1.82, 2.24) is 5.01 Å². The highest BCUT2D eigenvalue weighted by atomic mass is 35.5. The number of carbonyl (C=O) groups excluding carboxylic acids is 1. The number of hydrogen-bond donors (Lipinski definition) is 0. The van der Waals surface area contributed by atoms with Crippen molar-refractivity contribution >= 4 is 23.2 Å². The Labute approximate surface area is 203 Å². The highest BCUT2D eigenvalue weighted by Gasteiger charge is 2.36. The summed E-state index contributed by atoms with van der Waals surface area (Å²) in [7, 11) is 6.32. The molecule has 0 N–H and O–H groups in total. The molecule has 7 nitrogen and oxygen atoms in total. The fourth-order valence-corrected chi connectivity index (χ4v) is 4.28. The summed E-state index contributed by atoms with van der Waals surface area (Å²) in [6, 6.07) is 17.6. The van der Waals surface area contributed by atoms with E-state index in [1.165, 1.54) is 5.01 Å². The van der Waals surface area contributed by atoms with Crippen molar-refractivity contribution in [1.29, 1.82) is 0 Å². The maximum absolute atomic E-state index is 13.6. The minimum absolute atomic E-state index is 0.309. The van der Waals surface area contributed by atoms with Gasteiger partial charge in [-0.25, -0.2) is 5.01 Å². The third-order valence-electron chi connectivity index (χ3n) is 5.73. The van der Waals surface area contributed by atoms with Gasteiger partial charge < -0.3 is 18.9 Å². The standard InChI is InChI=1S/C26H25ClN2O5/c1-31-22-13-12-16(14-24(22)33-3)20-15-21(18-9-7-11-23(32-2)25(18)34-4)29(28-20)26(30)17-8-5-6-10-19(17)27/h5-14,21H,15H2,1-4H3. The molecule has 1 unspecified atom stereocenters. The zero-order valence-electron chi connectivity index (χ0n) is 19.4. The molecule has 0 aromatic heterocycles. The quantitative estimate of drug-likeness (QED) is 0.455. The number of carbonyl (C=O) groups is 1. The first-order valence-electron chi connectivity index (χ1n) is 10.6. The van der Waals surface area contributed by atoms with Crippen LogP contribution in [0.2, 0.25) is 5.02 Å². The number of methoxy groups -OCH3 is 4. The van der Waals surface area contributed by atoms with Gasteiger partial charge in [-0.2, -0.15) is 5.10 Å². The molecule has 3 aromatic carbocycles. The van der Waals surface area contributed by atoms with Crippen LogP contribution >= 0.6 is 11.6 Å². The van der Waals surface area contributed by atoms with Crippen LogP contribution in [-0.4, -0.2) is 45.1 Å². The normalized spacial score (nSPS) is 15.0. The highest BCUT2D eigenvalue weighted by molar-refractivity contribution is 6.33. The molecule has 1 heterocycles. The van der Waals surface area contributed by atoms with Gasteiger partial charge in [-0.15, -0.1) is 0 Å². The first-order chi connectivity index (χ1) is 16.5. The van der Waals surface area contributed by atoms with Crippen LogP contribution in [-0.2, 0) is 0 Å². The number of ether oxygens (including phenoxy) is 4. The molecule has 0 spiro atoms. The Kier molecular flexibility index (Phi) is 6.93. The number of amides is 1. The molecule has 0 aliphatic carbocycles. The fourth-order valence-electron chi connectivity index (χ4n) is 4.06. The topological polar surface area (TPSA) is 69.6 Å². The van der Waals surface area contributed by atoms with Gasteiger partial charge >= 0.3 is 0 Å². The van der Waals surface area contributed by atoms with Crippen molar-refractivity contribution in [2.75, 3.05) is 28.4 Å². The smallest absolute Gasteiger partial charge is 0.276 e. The van der Waals surface area contributed by atoms with E-state index < -0.39 is 6.04 Å². The molecule has 1 amide bonds. The largest absolute Gasteiger partial charge is 0.493 e. The highest BCUT2D eigenvalue weighted by Crippen LogP contribution is 2.43. The minimum Gasteiger partial charge on any atom is -0.493 e. The van der Waals surface area contributed by atoms with Crippen molar-refractivity contribution < 1.29 is 23.7 Å². The molecule has 1 aliphatic heterocycles. The van der Waals surface area contributed by atoms with Crippen LogP contribution < -0.4 is 18.9 Å². The molecule has 3 aromatic rings. The number of rotatable bonds is 7. The van der Waals surface area contributed by atoms with Gasteiger partial charge in [0.05, 0.1) is 50.8 Å². The first-order valence-corrected chi connectivity index (χ1v) is 11.0. The lowest BCUT2D eigenvalue weighted by Gasteiger charge is -2.24. The van der Waals surface area contributed by atoms with Crippen molar-refractivity contribution in [2.45, 2.75) is 12.5 Å². The molecule has 0 fully saturated rings. The zero-order valence-corrected chi connectivity index (χ0v) is 20.1. The van der Waals surface area contributed by atoms with Gasteiger partial charge in [0.1, 0.15) is 0 Å². The van der Waals surface area contributed by atoms with Gasteiger partial charge in [-0.1, -0.05) is 35.9 Å². The predicted molar refractivity (Wildman–Crippen MR) is 131 cm³/mol. The molecule has 4 rings (SSSR count). The van der Waals surface area contributed by atoms with Crippen molar-refractivity contribution in [3.05, 3.63) is 82.4 Å². The molecular weight excluding hydrogens is 456 g/mol. The predicted octanol–water partition coefficient (Wildman–Crippen LogP) is 5.37. The van der Waals surface area contributed by atoms with Crippen LogP contribution in [0.25, 0.3) is 0 Å². The van der Waals surface area contributed by atoms with E-state index in [0.717, 1.165) is 16.8 Å². The van der Waals surface area contributed by atoms with Gasteiger partial charge in [-0.05, 0) is 36.4 Å². The molecule has 0 radical (unpaired) electrons. The van der Waals surface area contributed by atoms with E-state index in [-0.39, 0.29) is 5.91 Å². The summed E-state index contributed by atoms with van der Waals surface area (Å²) in [5.41, 5.74) is 2.69. The van der Waals surface area contributed by atoms with Gasteiger partial charge in [0, 0.05) is 17.5 Å². The van der Waals surface area contributed by atoms with E-state index in [2.05, 4.69) is 0 Å². The van der Waals surface area contributed by atoms with Crippen molar-refractivity contribution in [2.24, 2.45) is 5.10 Å². The fraction of sp³-hybridized carbons (Fsp3) is 0.231. The molecule has 1 aliphatic rings. The molecule has 0 saturated carbocycles. The summed E-state index contributed by atoms with van der Waals surface area (Å²) in [5.74, 6) is 2.00. The number of nitrogens with zero attached hydrogens (tertiary/aromatic N) is 2. The molecule has 34 heavy (non-hydrogen) atoms.